The number of rotatable bonds is 4. The zero-order valence-electron chi connectivity index (χ0n) is 14.9. The molecule has 1 aromatic carbocycles. The summed E-state index contributed by atoms with van der Waals surface area (Å²) in [5, 5.41) is 0. The fraction of sp³-hybridized carbons (Fsp3) is 0.556. The minimum absolute atomic E-state index is 0.0939. The van der Waals surface area contributed by atoms with Crippen molar-refractivity contribution in [3.8, 4) is 0 Å². The molecule has 0 fully saturated rings. The van der Waals surface area contributed by atoms with E-state index < -0.39 is 5.41 Å². The minimum atomic E-state index is -0.473. The van der Waals surface area contributed by atoms with Crippen LogP contribution in [-0.4, -0.2) is 23.7 Å². The van der Waals surface area contributed by atoms with Crippen LogP contribution in [-0.2, 0) is 16.1 Å². The highest BCUT2D eigenvalue weighted by Gasteiger charge is 2.21. The van der Waals surface area contributed by atoms with Crippen LogP contribution in [0.4, 0.5) is 0 Å². The standard InChI is InChI=1S/C18H26N2O2S/c1-7-22-9-8-20-15-13(3)10-12(2)11-14(15)23-17(20)19-16(21)18(4,5)6/h10-11H,7-9H2,1-6H3. The number of nitrogens with zero attached hydrogens (tertiary/aromatic N) is 2. The summed E-state index contributed by atoms with van der Waals surface area (Å²) in [6.07, 6.45) is 0. The Kier molecular flexibility index (Phi) is 5.42. The number of amides is 1. The first kappa shape index (κ1) is 17.9. The molecule has 0 spiro atoms. The van der Waals surface area contributed by atoms with Crippen molar-refractivity contribution >= 4 is 27.5 Å². The Bertz CT molecular complexity index is 779. The molecule has 0 N–H and O–H groups in total. The molecule has 5 heteroatoms. The lowest BCUT2D eigenvalue weighted by Crippen LogP contribution is -2.24. The molecular weight excluding hydrogens is 308 g/mol. The van der Waals surface area contributed by atoms with E-state index in [-0.39, 0.29) is 5.91 Å². The predicted octanol–water partition coefficient (Wildman–Crippen LogP) is 3.83. The van der Waals surface area contributed by atoms with E-state index >= 15 is 0 Å². The third-order valence-corrected chi connectivity index (χ3v) is 4.64. The van der Waals surface area contributed by atoms with Gasteiger partial charge in [-0.2, -0.15) is 4.99 Å². The van der Waals surface area contributed by atoms with Gasteiger partial charge in [0, 0.05) is 18.6 Å². The van der Waals surface area contributed by atoms with E-state index in [0.29, 0.717) is 19.8 Å². The van der Waals surface area contributed by atoms with Gasteiger partial charge in [0.15, 0.2) is 4.80 Å². The molecule has 1 aromatic heterocycles. The van der Waals surface area contributed by atoms with Crippen LogP contribution in [0.5, 0.6) is 0 Å². The van der Waals surface area contributed by atoms with Crippen LogP contribution < -0.4 is 4.80 Å². The Hall–Kier alpha value is -1.46. The fourth-order valence-electron chi connectivity index (χ4n) is 2.44. The highest BCUT2D eigenvalue weighted by molar-refractivity contribution is 7.16. The van der Waals surface area contributed by atoms with Crippen LogP contribution in [0.3, 0.4) is 0 Å². The van der Waals surface area contributed by atoms with Gasteiger partial charge in [-0.15, -0.1) is 0 Å². The van der Waals surface area contributed by atoms with Crippen molar-refractivity contribution in [3.05, 3.63) is 28.1 Å². The molecule has 0 atom stereocenters. The number of hydrogen-bond donors (Lipinski definition) is 0. The van der Waals surface area contributed by atoms with Crippen molar-refractivity contribution in [3.63, 3.8) is 0 Å². The quantitative estimate of drug-likeness (QED) is 0.798. The third kappa shape index (κ3) is 4.09. The van der Waals surface area contributed by atoms with Crippen molar-refractivity contribution in [1.82, 2.24) is 4.57 Å². The Labute approximate surface area is 141 Å². The van der Waals surface area contributed by atoms with Gasteiger partial charge in [-0.25, -0.2) is 0 Å². The molecule has 4 nitrogen and oxygen atoms in total. The highest BCUT2D eigenvalue weighted by Crippen LogP contribution is 2.23. The van der Waals surface area contributed by atoms with E-state index in [0.717, 1.165) is 10.3 Å². The highest BCUT2D eigenvalue weighted by atomic mass is 32.1. The van der Waals surface area contributed by atoms with Crippen LogP contribution in [0.2, 0.25) is 0 Å². The van der Waals surface area contributed by atoms with Crippen LogP contribution in [0.25, 0.3) is 10.2 Å². The molecule has 0 aliphatic heterocycles. The topological polar surface area (TPSA) is 43.6 Å². The molecule has 23 heavy (non-hydrogen) atoms. The van der Waals surface area contributed by atoms with E-state index in [1.54, 1.807) is 11.3 Å². The Morgan fingerprint density at radius 3 is 2.61 bits per heavy atom. The Morgan fingerprint density at radius 1 is 1.30 bits per heavy atom. The molecule has 2 aromatic rings. The summed E-state index contributed by atoms with van der Waals surface area (Å²) < 4.78 is 8.79. The second-order valence-corrected chi connectivity index (χ2v) is 7.84. The van der Waals surface area contributed by atoms with Gasteiger partial charge in [-0.3, -0.25) is 4.79 Å². The SMILES string of the molecule is CCOCCn1c(=NC(=O)C(C)(C)C)sc2cc(C)cc(C)c21. The van der Waals surface area contributed by atoms with E-state index in [4.69, 9.17) is 4.74 Å². The second kappa shape index (κ2) is 6.97. The molecule has 0 radical (unpaired) electrons. The summed E-state index contributed by atoms with van der Waals surface area (Å²) >= 11 is 1.57. The first-order chi connectivity index (χ1) is 10.7. The first-order valence-electron chi connectivity index (χ1n) is 8.01. The lowest BCUT2D eigenvalue weighted by Gasteiger charge is -2.12. The van der Waals surface area contributed by atoms with E-state index in [1.807, 2.05) is 27.7 Å². The molecule has 1 amide bonds. The van der Waals surface area contributed by atoms with Crippen LogP contribution in [0, 0.1) is 19.3 Å². The number of aromatic nitrogens is 1. The summed E-state index contributed by atoms with van der Waals surface area (Å²) in [5.41, 5.74) is 3.11. The summed E-state index contributed by atoms with van der Waals surface area (Å²) in [6.45, 7) is 13.9. The lowest BCUT2D eigenvalue weighted by atomic mass is 9.96. The van der Waals surface area contributed by atoms with Crippen LogP contribution in [0.1, 0.15) is 38.8 Å². The summed E-state index contributed by atoms with van der Waals surface area (Å²) in [5.74, 6) is -0.0939. The van der Waals surface area contributed by atoms with Crippen molar-refractivity contribution < 1.29 is 9.53 Å². The summed E-state index contributed by atoms with van der Waals surface area (Å²) in [6, 6.07) is 4.33. The molecule has 2 rings (SSSR count). The largest absolute Gasteiger partial charge is 0.380 e. The lowest BCUT2D eigenvalue weighted by molar-refractivity contribution is -0.125. The van der Waals surface area contributed by atoms with Crippen molar-refractivity contribution in [2.24, 2.45) is 10.4 Å². The molecule has 126 valence electrons. The molecule has 0 unspecified atom stereocenters. The number of fused-ring (bicyclic) bond motifs is 1. The van der Waals surface area contributed by atoms with E-state index in [9.17, 15) is 4.79 Å². The minimum Gasteiger partial charge on any atom is -0.380 e. The van der Waals surface area contributed by atoms with Gasteiger partial charge in [-0.05, 0) is 38.0 Å². The maximum absolute atomic E-state index is 12.3. The van der Waals surface area contributed by atoms with Crippen LogP contribution in [0.15, 0.2) is 17.1 Å². The molecule has 0 saturated carbocycles. The smallest absolute Gasteiger partial charge is 0.253 e. The van der Waals surface area contributed by atoms with Gasteiger partial charge in [0.2, 0.25) is 0 Å². The van der Waals surface area contributed by atoms with Crippen LogP contribution >= 0.6 is 11.3 Å². The number of carbonyl (C=O) groups excluding carboxylic acids is 1. The van der Waals surface area contributed by atoms with Crippen molar-refractivity contribution in [1.29, 1.82) is 0 Å². The number of aryl methyl sites for hydroxylation is 2. The van der Waals surface area contributed by atoms with E-state index in [1.165, 1.54) is 15.8 Å². The summed E-state index contributed by atoms with van der Waals surface area (Å²) in [7, 11) is 0. The molecular formula is C18H26N2O2S. The number of carbonyl (C=O) groups is 1. The zero-order chi connectivity index (χ0) is 17.2. The molecule has 1 heterocycles. The Morgan fingerprint density at radius 2 is 2.00 bits per heavy atom. The maximum atomic E-state index is 12.3. The normalized spacial score (nSPS) is 13.0. The summed E-state index contributed by atoms with van der Waals surface area (Å²) in [4.78, 5) is 17.5. The average molecular weight is 334 g/mol. The number of hydrogen-bond acceptors (Lipinski definition) is 3. The predicted molar refractivity (Wildman–Crippen MR) is 95.8 cm³/mol. The third-order valence-electron chi connectivity index (χ3n) is 3.61. The molecule has 0 saturated heterocycles. The number of benzene rings is 1. The number of thiazole rings is 1. The van der Waals surface area contributed by atoms with E-state index in [2.05, 4.69) is 35.5 Å². The van der Waals surface area contributed by atoms with Gasteiger partial charge in [-0.1, -0.05) is 38.2 Å². The van der Waals surface area contributed by atoms with Gasteiger partial charge in [0.05, 0.1) is 16.8 Å². The van der Waals surface area contributed by atoms with Crippen molar-refractivity contribution in [2.75, 3.05) is 13.2 Å². The molecule has 0 aliphatic carbocycles. The monoisotopic (exact) mass is 334 g/mol. The Balaban J connectivity index is 2.63. The molecule has 0 bridgehead atoms. The van der Waals surface area contributed by atoms with Gasteiger partial charge >= 0.3 is 0 Å². The average Bonchev–Trinajstić information content (AvgIpc) is 2.75. The molecule has 0 aliphatic rings. The fourth-order valence-corrected chi connectivity index (χ4v) is 3.67. The zero-order valence-corrected chi connectivity index (χ0v) is 15.7. The van der Waals surface area contributed by atoms with Gasteiger partial charge in [0.1, 0.15) is 0 Å². The van der Waals surface area contributed by atoms with Crippen molar-refractivity contribution in [2.45, 2.75) is 48.1 Å². The number of ether oxygens (including phenoxy) is 1. The van der Waals surface area contributed by atoms with Gasteiger partial charge < -0.3 is 9.30 Å². The second-order valence-electron chi connectivity index (χ2n) is 6.83. The maximum Gasteiger partial charge on any atom is 0.253 e. The van der Waals surface area contributed by atoms with Gasteiger partial charge in [0.25, 0.3) is 5.91 Å². The first-order valence-corrected chi connectivity index (χ1v) is 8.83.